The van der Waals surface area contributed by atoms with E-state index in [-0.39, 0.29) is 21.1 Å². The molecule has 0 aromatic rings. The fourth-order valence-electron chi connectivity index (χ4n) is 0.287. The Hall–Kier alpha value is 0.358. The first-order valence-electron chi connectivity index (χ1n) is 2.35. The van der Waals surface area contributed by atoms with Crippen LogP contribution < -0.4 is 0 Å². The van der Waals surface area contributed by atoms with Crippen LogP contribution in [-0.4, -0.2) is 6.29 Å². The predicted octanol–water partition coefficient (Wildman–Crippen LogP) is 1.37. The molecule has 0 aromatic heterocycles. The van der Waals surface area contributed by atoms with E-state index in [0.29, 0.717) is 0 Å². The van der Waals surface area contributed by atoms with E-state index in [2.05, 4.69) is 6.92 Å². The van der Waals surface area contributed by atoms with Gasteiger partial charge in [-0.2, -0.15) is 0 Å². The molecule has 2 heteroatoms. The number of unbranched alkanes of at least 4 members (excludes halogenated alkanes) is 2. The van der Waals surface area contributed by atoms with Crippen molar-refractivity contribution in [2.75, 3.05) is 0 Å². The predicted molar refractivity (Wildman–Crippen MR) is 25.6 cm³/mol. The van der Waals surface area contributed by atoms with E-state index < -0.39 is 0 Å². The van der Waals surface area contributed by atoms with E-state index in [1.54, 1.807) is 0 Å². The van der Waals surface area contributed by atoms with Crippen molar-refractivity contribution in [1.82, 2.24) is 0 Å². The topological polar surface area (TPSA) is 17.1 Å². The molecule has 0 aliphatic heterocycles. The second-order valence-electron chi connectivity index (χ2n) is 1.31. The Morgan fingerprint density at radius 3 is 2.29 bits per heavy atom. The Morgan fingerprint density at radius 1 is 1.57 bits per heavy atom. The molecule has 0 rings (SSSR count). The van der Waals surface area contributed by atoms with E-state index in [1.807, 2.05) is 0 Å². The summed E-state index contributed by atoms with van der Waals surface area (Å²) in [5, 5.41) is 0. The van der Waals surface area contributed by atoms with Crippen molar-refractivity contribution in [3.63, 3.8) is 0 Å². The third-order valence-corrected chi connectivity index (χ3v) is 0.676. The largest absolute Gasteiger partial charge is 0.303 e. The molecule has 0 atom stereocenters. The van der Waals surface area contributed by atoms with Crippen molar-refractivity contribution in [2.24, 2.45) is 0 Å². The van der Waals surface area contributed by atoms with Gasteiger partial charge < -0.3 is 4.79 Å². The van der Waals surface area contributed by atoms with Crippen LogP contribution in [0.25, 0.3) is 0 Å². The molecule has 0 bridgehead atoms. The molecule has 0 heterocycles. The van der Waals surface area contributed by atoms with Crippen molar-refractivity contribution in [3.8, 4) is 0 Å². The monoisotopic (exact) mass is 270 g/mol. The van der Waals surface area contributed by atoms with Gasteiger partial charge in [0.25, 0.3) is 0 Å². The molecule has 0 aromatic carbocycles. The molecule has 0 unspecified atom stereocenters. The fourth-order valence-corrected chi connectivity index (χ4v) is 0.287. The summed E-state index contributed by atoms with van der Waals surface area (Å²) < 4.78 is 0. The van der Waals surface area contributed by atoms with Crippen LogP contribution in [0.2, 0.25) is 0 Å². The van der Waals surface area contributed by atoms with Crippen LogP contribution >= 0.6 is 0 Å². The third-order valence-electron chi connectivity index (χ3n) is 0.676. The maximum Gasteiger partial charge on any atom is 0.119 e. The first kappa shape index (κ1) is 10.4. The number of hydrogen-bond donors (Lipinski definition) is 0. The summed E-state index contributed by atoms with van der Waals surface area (Å²) in [6.45, 7) is 2.07. The average Bonchev–Trinajstić information content (AvgIpc) is 1.61. The maximum absolute atomic E-state index is 9.56. The van der Waals surface area contributed by atoms with Gasteiger partial charge in [-0.05, 0) is 6.42 Å². The molecule has 1 nitrogen and oxygen atoms in total. The van der Waals surface area contributed by atoms with Gasteiger partial charge in [-0.1, -0.05) is 13.3 Å². The van der Waals surface area contributed by atoms with E-state index >= 15 is 0 Å². The van der Waals surface area contributed by atoms with E-state index in [9.17, 15) is 4.79 Å². The van der Waals surface area contributed by atoms with Gasteiger partial charge in [0.1, 0.15) is 6.29 Å². The van der Waals surface area contributed by atoms with E-state index in [4.69, 9.17) is 0 Å². The number of carbonyl (C=O) groups is 1. The molecule has 0 aliphatic rings. The van der Waals surface area contributed by atoms with Crippen molar-refractivity contribution in [3.05, 3.63) is 0 Å². The minimum absolute atomic E-state index is 0. The molecule has 42 valence electrons. The zero-order valence-corrected chi connectivity index (χ0v) is 7.45. The van der Waals surface area contributed by atoms with Crippen molar-refractivity contribution >= 4 is 6.29 Å². The van der Waals surface area contributed by atoms with Gasteiger partial charge in [0.2, 0.25) is 0 Å². The molecular formula is C5H10OW. The summed E-state index contributed by atoms with van der Waals surface area (Å²) in [5.41, 5.74) is 0. The molecule has 0 saturated heterocycles. The molecule has 0 radical (unpaired) electrons. The summed E-state index contributed by atoms with van der Waals surface area (Å²) in [6.07, 6.45) is 3.86. The minimum Gasteiger partial charge on any atom is -0.303 e. The Balaban J connectivity index is 0. The SMILES string of the molecule is CCCCC=O.[W]. The summed E-state index contributed by atoms with van der Waals surface area (Å²) in [5.74, 6) is 0. The quantitative estimate of drug-likeness (QED) is 0.559. The van der Waals surface area contributed by atoms with Crippen LogP contribution in [0.5, 0.6) is 0 Å². The number of carbonyl (C=O) groups excluding carboxylic acids is 1. The first-order chi connectivity index (χ1) is 2.91. The van der Waals surface area contributed by atoms with Gasteiger partial charge >= 0.3 is 0 Å². The second kappa shape index (κ2) is 9.61. The molecule has 7 heavy (non-hydrogen) atoms. The Kier molecular flexibility index (Phi) is 14.2. The van der Waals surface area contributed by atoms with Crippen molar-refractivity contribution in [1.29, 1.82) is 0 Å². The van der Waals surface area contributed by atoms with Crippen LogP contribution in [0.1, 0.15) is 26.2 Å². The fraction of sp³-hybridized carbons (Fsp3) is 0.800. The van der Waals surface area contributed by atoms with E-state index in [0.717, 1.165) is 25.5 Å². The Morgan fingerprint density at radius 2 is 2.14 bits per heavy atom. The molecule has 0 N–H and O–H groups in total. The van der Waals surface area contributed by atoms with Gasteiger partial charge in [0, 0.05) is 27.5 Å². The summed E-state index contributed by atoms with van der Waals surface area (Å²) in [6, 6.07) is 0. The summed E-state index contributed by atoms with van der Waals surface area (Å²) in [4.78, 5) is 9.56. The summed E-state index contributed by atoms with van der Waals surface area (Å²) >= 11 is 0. The van der Waals surface area contributed by atoms with E-state index in [1.165, 1.54) is 0 Å². The van der Waals surface area contributed by atoms with Gasteiger partial charge in [0.15, 0.2) is 0 Å². The van der Waals surface area contributed by atoms with Gasteiger partial charge in [-0.25, -0.2) is 0 Å². The van der Waals surface area contributed by atoms with Crippen molar-refractivity contribution in [2.45, 2.75) is 26.2 Å². The zero-order chi connectivity index (χ0) is 4.83. The van der Waals surface area contributed by atoms with Crippen molar-refractivity contribution < 1.29 is 25.9 Å². The number of hydrogen-bond acceptors (Lipinski definition) is 1. The Labute approximate surface area is 58.7 Å². The number of rotatable bonds is 3. The Bertz CT molecular complexity index is 37.1. The van der Waals surface area contributed by atoms with Crippen LogP contribution in [-0.2, 0) is 25.9 Å². The second-order valence-corrected chi connectivity index (χ2v) is 1.31. The normalized spacial score (nSPS) is 7.00. The minimum atomic E-state index is 0. The molecule has 0 amide bonds. The van der Waals surface area contributed by atoms with Gasteiger partial charge in [-0.15, -0.1) is 0 Å². The molecular weight excluding hydrogens is 260 g/mol. The number of aldehydes is 1. The maximum atomic E-state index is 9.56. The standard InChI is InChI=1S/C5H10O.W/c1-2-3-4-5-6;/h5H,2-4H2,1H3;. The van der Waals surface area contributed by atoms with Crippen LogP contribution in [0.4, 0.5) is 0 Å². The molecule has 0 fully saturated rings. The molecule has 0 spiro atoms. The smallest absolute Gasteiger partial charge is 0.119 e. The van der Waals surface area contributed by atoms with Crippen LogP contribution in [0.15, 0.2) is 0 Å². The van der Waals surface area contributed by atoms with Gasteiger partial charge in [0.05, 0.1) is 0 Å². The van der Waals surface area contributed by atoms with Crippen LogP contribution in [0.3, 0.4) is 0 Å². The molecule has 0 saturated carbocycles. The first-order valence-corrected chi connectivity index (χ1v) is 2.35. The average molecular weight is 270 g/mol. The third kappa shape index (κ3) is 10.7. The van der Waals surface area contributed by atoms with Crippen LogP contribution in [0, 0.1) is 0 Å². The van der Waals surface area contributed by atoms with Gasteiger partial charge in [-0.3, -0.25) is 0 Å². The molecule has 0 aliphatic carbocycles. The zero-order valence-electron chi connectivity index (χ0n) is 4.52. The summed E-state index contributed by atoms with van der Waals surface area (Å²) in [7, 11) is 0.